The summed E-state index contributed by atoms with van der Waals surface area (Å²) in [5.74, 6) is 0. The van der Waals surface area contributed by atoms with E-state index in [-0.39, 0.29) is 6.04 Å². The molecular weight excluding hydrogens is 264 g/mol. The van der Waals surface area contributed by atoms with E-state index < -0.39 is 0 Å². The number of benzene rings is 1. The molecule has 20 heavy (non-hydrogen) atoms. The number of thiophene rings is 1. The molecule has 0 aliphatic rings. The van der Waals surface area contributed by atoms with Crippen LogP contribution in [0.25, 0.3) is 10.2 Å². The van der Waals surface area contributed by atoms with E-state index in [4.69, 9.17) is 5.73 Å². The molecular formula is C17H18N2S. The van der Waals surface area contributed by atoms with Gasteiger partial charge in [0.05, 0.1) is 10.2 Å². The second kappa shape index (κ2) is 5.35. The first-order chi connectivity index (χ1) is 9.65. The van der Waals surface area contributed by atoms with Gasteiger partial charge in [0.25, 0.3) is 0 Å². The third kappa shape index (κ3) is 2.47. The monoisotopic (exact) mass is 282 g/mol. The van der Waals surface area contributed by atoms with E-state index in [1.165, 1.54) is 21.4 Å². The summed E-state index contributed by atoms with van der Waals surface area (Å²) in [5, 5.41) is 2.07. The molecule has 0 aliphatic heterocycles. The average molecular weight is 282 g/mol. The number of fused-ring (bicyclic) bond motifs is 1. The van der Waals surface area contributed by atoms with E-state index in [2.05, 4.69) is 48.5 Å². The summed E-state index contributed by atoms with van der Waals surface area (Å²) >= 11 is 1.71. The maximum atomic E-state index is 6.39. The molecule has 0 saturated heterocycles. The molecule has 0 radical (unpaired) electrons. The number of nitrogens with zero attached hydrogens (tertiary/aromatic N) is 1. The van der Waals surface area contributed by atoms with Crippen molar-refractivity contribution in [2.45, 2.75) is 26.3 Å². The minimum atomic E-state index is -0.00574. The Morgan fingerprint density at radius 2 is 1.95 bits per heavy atom. The van der Waals surface area contributed by atoms with Crippen LogP contribution in [0.3, 0.4) is 0 Å². The number of pyridine rings is 1. The van der Waals surface area contributed by atoms with Crippen molar-refractivity contribution < 1.29 is 0 Å². The second-order valence-electron chi connectivity index (χ2n) is 5.25. The molecule has 2 N–H and O–H groups in total. The van der Waals surface area contributed by atoms with Gasteiger partial charge in [-0.25, -0.2) is 0 Å². The Kier molecular flexibility index (Phi) is 3.55. The van der Waals surface area contributed by atoms with Crippen molar-refractivity contribution in [2.75, 3.05) is 0 Å². The van der Waals surface area contributed by atoms with Crippen molar-refractivity contribution in [1.82, 2.24) is 4.98 Å². The smallest absolute Gasteiger partial charge is 0.0809 e. The van der Waals surface area contributed by atoms with Gasteiger partial charge < -0.3 is 5.73 Å². The Balaban J connectivity index is 1.90. The van der Waals surface area contributed by atoms with Crippen LogP contribution < -0.4 is 5.73 Å². The van der Waals surface area contributed by atoms with Crippen LogP contribution in [0.15, 0.2) is 41.9 Å². The molecule has 1 atom stereocenters. The summed E-state index contributed by atoms with van der Waals surface area (Å²) in [4.78, 5) is 4.48. The summed E-state index contributed by atoms with van der Waals surface area (Å²) < 4.78 is 1.21. The van der Waals surface area contributed by atoms with Crippen LogP contribution in [0.5, 0.6) is 0 Å². The minimum Gasteiger partial charge on any atom is -0.324 e. The molecule has 0 spiro atoms. The number of hydrogen-bond acceptors (Lipinski definition) is 3. The fourth-order valence-electron chi connectivity index (χ4n) is 2.57. The van der Waals surface area contributed by atoms with Gasteiger partial charge in [-0.3, -0.25) is 4.98 Å². The zero-order valence-corrected chi connectivity index (χ0v) is 12.6. The number of hydrogen-bond donors (Lipinski definition) is 1. The number of aromatic nitrogens is 1. The highest BCUT2D eigenvalue weighted by Crippen LogP contribution is 2.25. The molecule has 102 valence electrons. The standard InChI is InChI=1S/C17H18N2S/c1-11-4-3-5-12(2)14(11)9-15(18)13-8-17-16(19-10-13)6-7-20-17/h3-8,10,15H,9,18H2,1-2H3. The van der Waals surface area contributed by atoms with Gasteiger partial charge in [0.15, 0.2) is 0 Å². The molecule has 2 aromatic heterocycles. The molecule has 0 saturated carbocycles. The SMILES string of the molecule is Cc1cccc(C)c1CC(N)c1cnc2ccsc2c1. The van der Waals surface area contributed by atoms with Crippen molar-refractivity contribution in [3.63, 3.8) is 0 Å². The molecule has 1 aromatic carbocycles. The average Bonchev–Trinajstić information content (AvgIpc) is 2.90. The highest BCUT2D eigenvalue weighted by atomic mass is 32.1. The largest absolute Gasteiger partial charge is 0.324 e. The lowest BCUT2D eigenvalue weighted by Crippen LogP contribution is -2.15. The third-order valence-electron chi connectivity index (χ3n) is 3.82. The van der Waals surface area contributed by atoms with Gasteiger partial charge in [-0.15, -0.1) is 11.3 Å². The van der Waals surface area contributed by atoms with Crippen molar-refractivity contribution in [3.8, 4) is 0 Å². The molecule has 1 unspecified atom stereocenters. The fraction of sp³-hybridized carbons (Fsp3) is 0.235. The normalized spacial score (nSPS) is 12.8. The van der Waals surface area contributed by atoms with Crippen LogP contribution >= 0.6 is 11.3 Å². The summed E-state index contributed by atoms with van der Waals surface area (Å²) in [7, 11) is 0. The van der Waals surface area contributed by atoms with E-state index in [1.807, 2.05) is 12.3 Å². The van der Waals surface area contributed by atoms with Crippen LogP contribution in [0.1, 0.15) is 28.3 Å². The van der Waals surface area contributed by atoms with E-state index in [0.717, 1.165) is 17.5 Å². The van der Waals surface area contributed by atoms with E-state index in [1.54, 1.807) is 11.3 Å². The molecule has 0 fully saturated rings. The van der Waals surface area contributed by atoms with Gasteiger partial charge >= 0.3 is 0 Å². The summed E-state index contributed by atoms with van der Waals surface area (Å²) in [6, 6.07) is 10.6. The first kappa shape index (κ1) is 13.3. The van der Waals surface area contributed by atoms with Crippen molar-refractivity contribution in [2.24, 2.45) is 5.73 Å². The highest BCUT2D eigenvalue weighted by Gasteiger charge is 2.12. The molecule has 0 aliphatic carbocycles. The van der Waals surface area contributed by atoms with Crippen molar-refractivity contribution in [1.29, 1.82) is 0 Å². The highest BCUT2D eigenvalue weighted by molar-refractivity contribution is 7.17. The predicted molar refractivity (Wildman–Crippen MR) is 86.2 cm³/mol. The van der Waals surface area contributed by atoms with Crippen molar-refractivity contribution in [3.05, 3.63) is 64.2 Å². The first-order valence-corrected chi connectivity index (χ1v) is 7.67. The number of nitrogens with two attached hydrogens (primary N) is 1. The van der Waals surface area contributed by atoms with E-state index in [0.29, 0.717) is 0 Å². The van der Waals surface area contributed by atoms with Crippen LogP contribution in [0.2, 0.25) is 0 Å². The van der Waals surface area contributed by atoms with Gasteiger partial charge in [-0.2, -0.15) is 0 Å². The van der Waals surface area contributed by atoms with Gasteiger partial charge in [0.2, 0.25) is 0 Å². The zero-order chi connectivity index (χ0) is 14.1. The molecule has 2 heterocycles. The van der Waals surface area contributed by atoms with Crippen LogP contribution in [-0.4, -0.2) is 4.98 Å². The Hall–Kier alpha value is -1.71. The molecule has 0 bridgehead atoms. The minimum absolute atomic E-state index is 0.00574. The lowest BCUT2D eigenvalue weighted by molar-refractivity contribution is 0.713. The third-order valence-corrected chi connectivity index (χ3v) is 4.67. The first-order valence-electron chi connectivity index (χ1n) is 6.79. The molecule has 2 nitrogen and oxygen atoms in total. The zero-order valence-electron chi connectivity index (χ0n) is 11.8. The maximum absolute atomic E-state index is 6.39. The second-order valence-corrected chi connectivity index (χ2v) is 6.20. The fourth-order valence-corrected chi connectivity index (χ4v) is 3.36. The molecule has 3 aromatic rings. The lowest BCUT2D eigenvalue weighted by atomic mass is 9.94. The topological polar surface area (TPSA) is 38.9 Å². The number of aryl methyl sites for hydroxylation is 2. The molecule has 3 rings (SSSR count). The van der Waals surface area contributed by atoms with Gasteiger partial charge in [-0.05, 0) is 60.0 Å². The Morgan fingerprint density at radius 3 is 2.70 bits per heavy atom. The summed E-state index contributed by atoms with van der Waals surface area (Å²) in [6.07, 6.45) is 2.77. The summed E-state index contributed by atoms with van der Waals surface area (Å²) in [6.45, 7) is 4.30. The Labute approximate surface area is 123 Å². The van der Waals surface area contributed by atoms with Crippen LogP contribution in [0, 0.1) is 13.8 Å². The van der Waals surface area contributed by atoms with E-state index in [9.17, 15) is 0 Å². The molecule has 3 heteroatoms. The van der Waals surface area contributed by atoms with Crippen LogP contribution in [-0.2, 0) is 6.42 Å². The lowest BCUT2D eigenvalue weighted by Gasteiger charge is -2.15. The van der Waals surface area contributed by atoms with E-state index >= 15 is 0 Å². The van der Waals surface area contributed by atoms with Crippen molar-refractivity contribution >= 4 is 21.6 Å². The maximum Gasteiger partial charge on any atom is 0.0809 e. The van der Waals surface area contributed by atoms with Crippen LogP contribution in [0.4, 0.5) is 0 Å². The Bertz CT molecular complexity index is 725. The number of rotatable bonds is 3. The molecule has 0 amide bonds. The summed E-state index contributed by atoms with van der Waals surface area (Å²) in [5.41, 5.74) is 12.5. The van der Waals surface area contributed by atoms with Gasteiger partial charge in [0, 0.05) is 12.2 Å². The predicted octanol–water partition coefficient (Wildman–Crippen LogP) is 4.16. The van der Waals surface area contributed by atoms with Gasteiger partial charge in [0.1, 0.15) is 0 Å². The quantitative estimate of drug-likeness (QED) is 0.783. The van der Waals surface area contributed by atoms with Gasteiger partial charge in [-0.1, -0.05) is 18.2 Å². The Morgan fingerprint density at radius 1 is 1.20 bits per heavy atom.